The fraction of sp³-hybridized carbons (Fsp3) is 0.400. The molecule has 3 rings (SSSR count). The van der Waals surface area contributed by atoms with Gasteiger partial charge < -0.3 is 10.2 Å². The third kappa shape index (κ3) is 4.25. The summed E-state index contributed by atoms with van der Waals surface area (Å²) in [6, 6.07) is 7.64. The third-order valence-electron chi connectivity index (χ3n) is 4.61. The molecule has 0 saturated carbocycles. The SMILES string of the molecule is CC(C)NC(=O)C1CCN(C(=O)c2ccc(-c3cncnc3)cc2)CC1. The smallest absolute Gasteiger partial charge is 0.253 e. The zero-order valence-electron chi connectivity index (χ0n) is 15.2. The molecule has 0 bridgehead atoms. The van der Waals surface area contributed by atoms with Gasteiger partial charge >= 0.3 is 0 Å². The molecule has 0 radical (unpaired) electrons. The highest BCUT2D eigenvalue weighted by molar-refractivity contribution is 5.95. The molecule has 2 amide bonds. The van der Waals surface area contributed by atoms with Crippen molar-refractivity contribution in [1.82, 2.24) is 20.2 Å². The van der Waals surface area contributed by atoms with Crippen molar-refractivity contribution < 1.29 is 9.59 Å². The number of benzene rings is 1. The summed E-state index contributed by atoms with van der Waals surface area (Å²) in [5.74, 6) is 0.118. The largest absolute Gasteiger partial charge is 0.354 e. The summed E-state index contributed by atoms with van der Waals surface area (Å²) in [5, 5.41) is 2.96. The Labute approximate surface area is 153 Å². The van der Waals surface area contributed by atoms with E-state index in [1.54, 1.807) is 12.4 Å². The van der Waals surface area contributed by atoms with E-state index >= 15 is 0 Å². The number of hydrogen-bond acceptors (Lipinski definition) is 4. The Bertz CT molecular complexity index is 751. The second kappa shape index (κ2) is 8.08. The average Bonchev–Trinajstić information content (AvgIpc) is 2.68. The first-order chi connectivity index (χ1) is 12.5. The number of nitrogens with one attached hydrogen (secondary N) is 1. The normalized spacial score (nSPS) is 15.1. The molecule has 6 nitrogen and oxygen atoms in total. The Kier molecular flexibility index (Phi) is 5.61. The van der Waals surface area contributed by atoms with Gasteiger partial charge in [0.15, 0.2) is 0 Å². The summed E-state index contributed by atoms with van der Waals surface area (Å²) in [5.41, 5.74) is 2.56. The predicted octanol–water partition coefficient (Wildman–Crippen LogP) is 2.52. The van der Waals surface area contributed by atoms with E-state index in [1.165, 1.54) is 6.33 Å². The number of carbonyl (C=O) groups is 2. The highest BCUT2D eigenvalue weighted by Crippen LogP contribution is 2.22. The number of hydrogen-bond donors (Lipinski definition) is 1. The molecule has 2 aromatic rings. The van der Waals surface area contributed by atoms with Crippen molar-refractivity contribution in [2.45, 2.75) is 32.7 Å². The molecule has 1 aromatic heterocycles. The van der Waals surface area contributed by atoms with Crippen LogP contribution in [-0.2, 0) is 4.79 Å². The lowest BCUT2D eigenvalue weighted by molar-refractivity contribution is -0.126. The highest BCUT2D eigenvalue weighted by atomic mass is 16.2. The van der Waals surface area contributed by atoms with Crippen LogP contribution in [0, 0.1) is 5.92 Å². The molecule has 26 heavy (non-hydrogen) atoms. The summed E-state index contributed by atoms with van der Waals surface area (Å²) in [6.45, 7) is 5.15. The number of nitrogens with zero attached hydrogens (tertiary/aromatic N) is 3. The van der Waals surface area contributed by atoms with Gasteiger partial charge in [-0.1, -0.05) is 12.1 Å². The lowest BCUT2D eigenvalue weighted by Crippen LogP contribution is -2.44. The first-order valence-electron chi connectivity index (χ1n) is 8.99. The first-order valence-corrected chi connectivity index (χ1v) is 8.99. The summed E-state index contributed by atoms with van der Waals surface area (Å²) in [4.78, 5) is 34.7. The van der Waals surface area contributed by atoms with E-state index in [4.69, 9.17) is 0 Å². The topological polar surface area (TPSA) is 75.2 Å². The number of likely N-dealkylation sites (tertiary alicyclic amines) is 1. The minimum absolute atomic E-state index is 0.00177. The quantitative estimate of drug-likeness (QED) is 0.917. The second-order valence-corrected chi connectivity index (χ2v) is 6.93. The van der Waals surface area contributed by atoms with Crippen LogP contribution < -0.4 is 5.32 Å². The number of rotatable bonds is 4. The summed E-state index contributed by atoms with van der Waals surface area (Å²) in [7, 11) is 0. The molecule has 0 spiro atoms. The van der Waals surface area contributed by atoms with Crippen LogP contribution in [0.1, 0.15) is 37.0 Å². The Balaban J connectivity index is 1.59. The number of carbonyl (C=O) groups excluding carboxylic acids is 2. The van der Waals surface area contributed by atoms with Gasteiger partial charge in [-0.3, -0.25) is 9.59 Å². The van der Waals surface area contributed by atoms with Crippen LogP contribution in [-0.4, -0.2) is 45.8 Å². The molecule has 1 N–H and O–H groups in total. The molecular formula is C20H24N4O2. The van der Waals surface area contributed by atoms with Crippen LogP contribution in [0.25, 0.3) is 11.1 Å². The molecule has 136 valence electrons. The molecule has 1 aliphatic rings. The molecule has 0 unspecified atom stereocenters. The van der Waals surface area contributed by atoms with Crippen LogP contribution in [0.2, 0.25) is 0 Å². The summed E-state index contributed by atoms with van der Waals surface area (Å²) < 4.78 is 0. The predicted molar refractivity (Wildman–Crippen MR) is 99.4 cm³/mol. The van der Waals surface area contributed by atoms with E-state index in [0.29, 0.717) is 31.5 Å². The van der Waals surface area contributed by atoms with Gasteiger partial charge in [-0.05, 0) is 44.4 Å². The van der Waals surface area contributed by atoms with Crippen molar-refractivity contribution in [2.24, 2.45) is 5.92 Å². The Morgan fingerprint density at radius 1 is 1.04 bits per heavy atom. The lowest BCUT2D eigenvalue weighted by atomic mass is 9.95. The Hall–Kier alpha value is -2.76. The fourth-order valence-corrected chi connectivity index (χ4v) is 3.18. The van der Waals surface area contributed by atoms with Crippen LogP contribution in [0.3, 0.4) is 0 Å². The second-order valence-electron chi connectivity index (χ2n) is 6.93. The standard InChI is InChI=1S/C20H24N4O2/c1-14(2)23-19(25)16-7-9-24(10-8-16)20(26)17-5-3-15(4-6-17)18-11-21-13-22-12-18/h3-6,11-14,16H,7-10H2,1-2H3,(H,23,25). The monoisotopic (exact) mass is 352 g/mol. The van der Waals surface area contributed by atoms with Gasteiger partial charge in [0, 0.05) is 48.6 Å². The maximum atomic E-state index is 12.7. The van der Waals surface area contributed by atoms with Gasteiger partial charge in [-0.2, -0.15) is 0 Å². The minimum atomic E-state index is 0.00177. The molecule has 1 fully saturated rings. The molecule has 1 aliphatic heterocycles. The van der Waals surface area contributed by atoms with Gasteiger partial charge in [-0.15, -0.1) is 0 Å². The van der Waals surface area contributed by atoms with E-state index in [0.717, 1.165) is 11.1 Å². The molecule has 1 saturated heterocycles. The maximum absolute atomic E-state index is 12.7. The van der Waals surface area contributed by atoms with Crippen molar-refractivity contribution in [3.05, 3.63) is 48.5 Å². The molecular weight excluding hydrogens is 328 g/mol. The van der Waals surface area contributed by atoms with Crippen LogP contribution >= 0.6 is 0 Å². The minimum Gasteiger partial charge on any atom is -0.354 e. The third-order valence-corrected chi connectivity index (χ3v) is 4.61. The van der Waals surface area contributed by atoms with E-state index in [1.807, 2.05) is 43.0 Å². The first kappa shape index (κ1) is 18.0. The van der Waals surface area contributed by atoms with E-state index in [-0.39, 0.29) is 23.8 Å². The summed E-state index contributed by atoms with van der Waals surface area (Å²) in [6.07, 6.45) is 6.41. The van der Waals surface area contributed by atoms with E-state index in [9.17, 15) is 9.59 Å². The van der Waals surface area contributed by atoms with Gasteiger partial charge in [-0.25, -0.2) is 9.97 Å². The lowest BCUT2D eigenvalue weighted by Gasteiger charge is -2.31. The molecule has 0 aliphatic carbocycles. The van der Waals surface area contributed by atoms with Gasteiger partial charge in [0.25, 0.3) is 5.91 Å². The molecule has 1 aromatic carbocycles. The van der Waals surface area contributed by atoms with Gasteiger partial charge in [0.05, 0.1) is 0 Å². The average molecular weight is 352 g/mol. The Morgan fingerprint density at radius 2 is 1.65 bits per heavy atom. The van der Waals surface area contributed by atoms with Gasteiger partial charge in [0.1, 0.15) is 6.33 Å². The Morgan fingerprint density at radius 3 is 2.23 bits per heavy atom. The van der Waals surface area contributed by atoms with Crippen LogP contribution in [0.4, 0.5) is 0 Å². The van der Waals surface area contributed by atoms with Crippen molar-refractivity contribution in [2.75, 3.05) is 13.1 Å². The maximum Gasteiger partial charge on any atom is 0.253 e. The van der Waals surface area contributed by atoms with E-state index in [2.05, 4.69) is 15.3 Å². The number of aromatic nitrogens is 2. The fourth-order valence-electron chi connectivity index (χ4n) is 3.18. The summed E-state index contributed by atoms with van der Waals surface area (Å²) >= 11 is 0. The zero-order valence-corrected chi connectivity index (χ0v) is 15.2. The van der Waals surface area contributed by atoms with Crippen LogP contribution in [0.5, 0.6) is 0 Å². The molecule has 0 atom stereocenters. The zero-order chi connectivity index (χ0) is 18.5. The van der Waals surface area contributed by atoms with Crippen molar-refractivity contribution in [1.29, 1.82) is 0 Å². The number of amides is 2. The molecule has 2 heterocycles. The van der Waals surface area contributed by atoms with Crippen molar-refractivity contribution in [3.8, 4) is 11.1 Å². The van der Waals surface area contributed by atoms with Gasteiger partial charge in [0.2, 0.25) is 5.91 Å². The number of piperidine rings is 1. The van der Waals surface area contributed by atoms with E-state index < -0.39 is 0 Å². The van der Waals surface area contributed by atoms with Crippen LogP contribution in [0.15, 0.2) is 43.0 Å². The van der Waals surface area contributed by atoms with Crippen molar-refractivity contribution >= 4 is 11.8 Å². The molecule has 6 heteroatoms. The van der Waals surface area contributed by atoms with Crippen molar-refractivity contribution in [3.63, 3.8) is 0 Å². The highest BCUT2D eigenvalue weighted by Gasteiger charge is 2.27.